The Bertz CT molecular complexity index is 1050. The van der Waals surface area contributed by atoms with Crippen molar-refractivity contribution in [2.45, 2.75) is 66.6 Å². The number of rotatable bonds is 5. The lowest BCUT2D eigenvalue weighted by atomic mass is 9.46. The summed E-state index contributed by atoms with van der Waals surface area (Å²) in [6, 6.07) is 0. The minimum Gasteiger partial charge on any atom is -0.449 e. The third-order valence-corrected chi connectivity index (χ3v) is 11.2. The van der Waals surface area contributed by atoms with Crippen LogP contribution in [0.25, 0.3) is 0 Å². The van der Waals surface area contributed by atoms with Gasteiger partial charge in [-0.05, 0) is 56.1 Å². The van der Waals surface area contributed by atoms with Crippen LogP contribution in [0.3, 0.4) is 0 Å². The van der Waals surface area contributed by atoms with Gasteiger partial charge in [0, 0.05) is 17.1 Å². The van der Waals surface area contributed by atoms with Crippen molar-refractivity contribution in [2.24, 2.45) is 22.7 Å². The van der Waals surface area contributed by atoms with Gasteiger partial charge in [0.15, 0.2) is 11.7 Å². The number of ketones is 1. The molecule has 4 rings (SSSR count). The van der Waals surface area contributed by atoms with E-state index in [-0.39, 0.29) is 36.4 Å². The molecule has 0 aromatic carbocycles. The van der Waals surface area contributed by atoms with Crippen LogP contribution in [0.5, 0.6) is 0 Å². The van der Waals surface area contributed by atoms with Gasteiger partial charge in [-0.15, -0.1) is 23.2 Å². The summed E-state index contributed by atoms with van der Waals surface area (Å²) in [7, 11) is -1.41. The van der Waals surface area contributed by atoms with Crippen LogP contribution in [0.15, 0.2) is 23.8 Å². The maximum Gasteiger partial charge on any atom is 0.352 e. The van der Waals surface area contributed by atoms with E-state index < -0.39 is 54.3 Å². The first kappa shape index (κ1) is 27.4. The normalized spacial score (nSPS) is 43.0. The molecular weight excluding hydrogens is 558 g/mol. The van der Waals surface area contributed by atoms with E-state index in [1.54, 1.807) is 6.08 Å². The fourth-order valence-corrected chi connectivity index (χ4v) is 8.74. The molecule has 3 fully saturated rings. The molecule has 194 valence electrons. The molecule has 0 aromatic rings. The van der Waals surface area contributed by atoms with Gasteiger partial charge in [-0.25, -0.2) is 9.59 Å². The molecule has 0 amide bonds. The summed E-state index contributed by atoms with van der Waals surface area (Å²) < 4.78 is 22.8. The molecule has 0 aliphatic heterocycles. The second-order valence-electron chi connectivity index (χ2n) is 10.4. The maximum absolute atomic E-state index is 13.5. The van der Waals surface area contributed by atoms with Crippen molar-refractivity contribution < 1.29 is 28.1 Å². The Kier molecular flexibility index (Phi) is 7.29. The fraction of sp³-hybridized carbons (Fsp3) is 0.708. The van der Waals surface area contributed by atoms with E-state index >= 15 is 0 Å². The highest BCUT2D eigenvalue weighted by Crippen LogP contribution is 2.72. The molecule has 0 spiro atoms. The van der Waals surface area contributed by atoms with Gasteiger partial charge in [0.2, 0.25) is 10.4 Å². The van der Waals surface area contributed by atoms with Gasteiger partial charge in [-0.1, -0.05) is 48.7 Å². The highest BCUT2D eigenvalue weighted by atomic mass is 35.5. The lowest BCUT2D eigenvalue weighted by Crippen LogP contribution is -2.68. The first-order valence-electron chi connectivity index (χ1n) is 11.5. The summed E-state index contributed by atoms with van der Waals surface area (Å²) in [5, 5.41) is -0.631. The zero-order valence-corrected chi connectivity index (χ0v) is 23.5. The Labute approximate surface area is 227 Å². The SMILES string of the molecule is CS(=O)COC(=O)[C@@]1(OC(=O)C(Cl)Cl)CC[C@H]2[C@@H]3CCC4=CC(=O)C=C[C@]4(C)[C@@]3(Cl)[C@@H](Cl)C[C@@]21C. The molecule has 8 atom stereocenters. The van der Waals surface area contributed by atoms with E-state index in [4.69, 9.17) is 55.9 Å². The highest BCUT2D eigenvalue weighted by Gasteiger charge is 2.75. The molecule has 6 nitrogen and oxygen atoms in total. The van der Waals surface area contributed by atoms with Crippen LogP contribution in [-0.2, 0) is 34.7 Å². The Hall–Kier alpha value is -0.600. The van der Waals surface area contributed by atoms with Gasteiger partial charge in [-0.3, -0.25) is 9.00 Å². The number of hydrogen-bond acceptors (Lipinski definition) is 6. The number of allylic oxidation sites excluding steroid dienone is 4. The largest absolute Gasteiger partial charge is 0.449 e. The van der Waals surface area contributed by atoms with Gasteiger partial charge in [0.05, 0.1) is 21.1 Å². The first-order valence-corrected chi connectivity index (χ1v) is 14.9. The third kappa shape index (κ3) is 3.94. The smallest absolute Gasteiger partial charge is 0.352 e. The van der Waals surface area contributed by atoms with Crippen LogP contribution in [0.4, 0.5) is 0 Å². The predicted octanol–water partition coefficient (Wildman–Crippen LogP) is 4.84. The third-order valence-electron chi connectivity index (χ3n) is 8.86. The molecule has 11 heteroatoms. The van der Waals surface area contributed by atoms with Crippen LogP contribution < -0.4 is 0 Å². The summed E-state index contributed by atoms with van der Waals surface area (Å²) in [5.41, 5.74) is -2.31. The maximum atomic E-state index is 13.5. The number of carbonyl (C=O) groups is 3. The van der Waals surface area contributed by atoms with E-state index in [2.05, 4.69) is 0 Å². The molecular formula is C24H28Cl4O6S. The number of alkyl halides is 4. The number of fused-ring (bicyclic) bond motifs is 5. The number of hydrogen-bond donors (Lipinski definition) is 0. The summed E-state index contributed by atoms with van der Waals surface area (Å²) >= 11 is 26.2. The number of ether oxygens (including phenoxy) is 2. The second-order valence-corrected chi connectivity index (χ2v) is 14.1. The van der Waals surface area contributed by atoms with E-state index in [1.807, 2.05) is 19.9 Å². The Morgan fingerprint density at radius 2 is 1.91 bits per heavy atom. The lowest BCUT2D eigenvalue weighted by Gasteiger charge is -2.63. The zero-order valence-electron chi connectivity index (χ0n) is 19.7. The molecule has 0 N–H and O–H groups in total. The Morgan fingerprint density at radius 3 is 2.54 bits per heavy atom. The monoisotopic (exact) mass is 584 g/mol. The second kappa shape index (κ2) is 9.30. The fourth-order valence-electron chi connectivity index (χ4n) is 7.15. The molecule has 0 aromatic heterocycles. The van der Waals surface area contributed by atoms with E-state index in [0.29, 0.717) is 19.3 Å². The van der Waals surface area contributed by atoms with Gasteiger partial charge in [0.25, 0.3) is 0 Å². The van der Waals surface area contributed by atoms with Crippen LogP contribution in [0.1, 0.15) is 46.0 Å². The van der Waals surface area contributed by atoms with Crippen molar-refractivity contribution in [2.75, 3.05) is 12.2 Å². The molecule has 1 unspecified atom stereocenters. The van der Waals surface area contributed by atoms with E-state index in [1.165, 1.54) is 12.3 Å². The van der Waals surface area contributed by atoms with E-state index in [0.717, 1.165) is 5.57 Å². The molecule has 0 radical (unpaired) electrons. The first-order chi connectivity index (χ1) is 16.2. The van der Waals surface area contributed by atoms with Crippen LogP contribution >= 0.6 is 46.4 Å². The average Bonchev–Trinajstić information content (AvgIpc) is 3.06. The number of halogens is 4. The van der Waals surface area contributed by atoms with E-state index in [9.17, 15) is 18.6 Å². The van der Waals surface area contributed by atoms with Crippen LogP contribution in [-0.4, -0.2) is 54.8 Å². The molecule has 35 heavy (non-hydrogen) atoms. The molecule has 0 saturated heterocycles. The predicted molar refractivity (Wildman–Crippen MR) is 136 cm³/mol. The summed E-state index contributed by atoms with van der Waals surface area (Å²) in [4.78, 5) is 35.8. The topological polar surface area (TPSA) is 86.7 Å². The standard InChI is InChI=1S/C24H28Cl4O6S/c1-21-8-6-14(29)10-13(21)4-5-16-15-7-9-23(34-19(30)18(26)27,20(31)33-12-35(3)32)22(15,2)11-17(25)24(16,21)28/h6,8,10,15-18H,4-5,7,9,11-12H2,1-3H3/t15-,16-,17-,21-,22-,23-,24-,35?/m0/s1. The minimum absolute atomic E-state index is 0.0671. The van der Waals surface area contributed by atoms with Crippen LogP contribution in [0.2, 0.25) is 0 Å². The van der Waals surface area contributed by atoms with Crippen molar-refractivity contribution in [1.82, 2.24) is 0 Å². The number of carbonyl (C=O) groups excluding carboxylic acids is 3. The summed E-state index contributed by atoms with van der Waals surface area (Å²) in [6.07, 6.45) is 8.75. The zero-order chi connectivity index (χ0) is 26.0. The van der Waals surface area contributed by atoms with Crippen molar-refractivity contribution >= 4 is 74.9 Å². The number of esters is 2. The van der Waals surface area contributed by atoms with Gasteiger partial charge in [0.1, 0.15) is 0 Å². The molecule has 0 heterocycles. The molecule has 3 saturated carbocycles. The summed E-state index contributed by atoms with van der Waals surface area (Å²) in [6.45, 7) is 3.89. The molecule has 0 bridgehead atoms. The minimum atomic E-state index is -1.70. The average molecular weight is 586 g/mol. The quantitative estimate of drug-likeness (QED) is 0.339. The van der Waals surface area contributed by atoms with Crippen molar-refractivity contribution in [1.29, 1.82) is 0 Å². The Morgan fingerprint density at radius 1 is 1.23 bits per heavy atom. The van der Waals surface area contributed by atoms with Crippen LogP contribution in [0, 0.1) is 22.7 Å². The molecule has 4 aliphatic carbocycles. The van der Waals surface area contributed by atoms with Crippen molar-refractivity contribution in [3.8, 4) is 0 Å². The highest BCUT2D eigenvalue weighted by molar-refractivity contribution is 7.84. The summed E-state index contributed by atoms with van der Waals surface area (Å²) in [5.74, 6) is -2.41. The van der Waals surface area contributed by atoms with Crippen molar-refractivity contribution in [3.05, 3.63) is 23.8 Å². The molecule has 4 aliphatic rings. The Balaban J connectivity index is 1.78. The van der Waals surface area contributed by atoms with Gasteiger partial charge in [-0.2, -0.15) is 0 Å². The van der Waals surface area contributed by atoms with Crippen molar-refractivity contribution in [3.63, 3.8) is 0 Å². The van der Waals surface area contributed by atoms with Gasteiger partial charge < -0.3 is 9.47 Å². The lowest BCUT2D eigenvalue weighted by molar-refractivity contribution is -0.201. The van der Waals surface area contributed by atoms with Gasteiger partial charge >= 0.3 is 11.9 Å².